The van der Waals surface area contributed by atoms with Gasteiger partial charge in [-0.05, 0) is 31.2 Å². The van der Waals surface area contributed by atoms with Crippen LogP contribution in [0, 0.1) is 12.7 Å². The normalized spacial score (nSPS) is 10.6. The molecule has 0 bridgehead atoms. The maximum absolute atomic E-state index is 13.7. The van der Waals surface area contributed by atoms with E-state index in [-0.39, 0.29) is 11.5 Å². The molecule has 21 heavy (non-hydrogen) atoms. The van der Waals surface area contributed by atoms with E-state index in [1.165, 1.54) is 12.1 Å². The Morgan fingerprint density at radius 2 is 1.81 bits per heavy atom. The molecule has 1 aromatic heterocycles. The highest BCUT2D eigenvalue weighted by molar-refractivity contribution is 5.73. The van der Waals surface area contributed by atoms with Gasteiger partial charge < -0.3 is 9.84 Å². The number of phenols is 1. The van der Waals surface area contributed by atoms with Gasteiger partial charge in [-0.3, -0.25) is 5.10 Å². The van der Waals surface area contributed by atoms with Crippen molar-refractivity contribution in [2.24, 2.45) is 0 Å². The number of hydrogen-bond acceptors (Lipinski definition) is 3. The van der Waals surface area contributed by atoms with Gasteiger partial charge in [-0.15, -0.1) is 0 Å². The maximum Gasteiger partial charge on any atom is 0.176 e. The van der Waals surface area contributed by atoms with Crippen molar-refractivity contribution in [3.05, 3.63) is 60.0 Å². The molecule has 3 aromatic rings. The summed E-state index contributed by atoms with van der Waals surface area (Å²) >= 11 is 0. The summed E-state index contributed by atoms with van der Waals surface area (Å²) in [6.07, 6.45) is 0. The summed E-state index contributed by atoms with van der Waals surface area (Å²) in [5, 5.41) is 16.9. The van der Waals surface area contributed by atoms with E-state index in [0.29, 0.717) is 22.7 Å². The summed E-state index contributed by atoms with van der Waals surface area (Å²) in [4.78, 5) is 0. The van der Waals surface area contributed by atoms with E-state index < -0.39 is 5.82 Å². The molecule has 0 radical (unpaired) electrons. The van der Waals surface area contributed by atoms with Gasteiger partial charge in [0.25, 0.3) is 0 Å². The summed E-state index contributed by atoms with van der Waals surface area (Å²) in [7, 11) is 0. The second-order valence-corrected chi connectivity index (χ2v) is 4.58. The maximum atomic E-state index is 13.7. The first kappa shape index (κ1) is 13.2. The van der Waals surface area contributed by atoms with Gasteiger partial charge in [0.2, 0.25) is 0 Å². The zero-order chi connectivity index (χ0) is 14.8. The van der Waals surface area contributed by atoms with Crippen LogP contribution in [0.15, 0.2) is 48.5 Å². The van der Waals surface area contributed by atoms with Crippen molar-refractivity contribution in [3.63, 3.8) is 0 Å². The predicted molar refractivity (Wildman–Crippen MR) is 76.9 cm³/mol. The molecule has 0 aliphatic rings. The molecule has 0 aliphatic heterocycles. The lowest BCUT2D eigenvalue weighted by Crippen LogP contribution is -1.90. The van der Waals surface area contributed by atoms with Crippen molar-refractivity contribution in [1.29, 1.82) is 0 Å². The number of aryl methyl sites for hydroxylation is 1. The van der Waals surface area contributed by atoms with Gasteiger partial charge >= 0.3 is 0 Å². The number of para-hydroxylation sites is 2. The van der Waals surface area contributed by atoms with Crippen LogP contribution in [0.2, 0.25) is 0 Å². The largest absolute Gasteiger partial charge is 0.507 e. The van der Waals surface area contributed by atoms with Crippen molar-refractivity contribution in [3.8, 4) is 28.5 Å². The Morgan fingerprint density at radius 3 is 2.57 bits per heavy atom. The van der Waals surface area contributed by atoms with Gasteiger partial charge in [0, 0.05) is 5.56 Å². The van der Waals surface area contributed by atoms with Gasteiger partial charge in [0.1, 0.15) is 11.4 Å². The molecular weight excluding hydrogens is 271 g/mol. The lowest BCUT2D eigenvalue weighted by atomic mass is 10.1. The smallest absolute Gasteiger partial charge is 0.176 e. The average Bonchev–Trinajstić information content (AvgIpc) is 2.83. The van der Waals surface area contributed by atoms with E-state index in [1.54, 1.807) is 43.3 Å². The van der Waals surface area contributed by atoms with E-state index in [4.69, 9.17) is 4.74 Å². The van der Waals surface area contributed by atoms with Gasteiger partial charge in [-0.2, -0.15) is 5.10 Å². The fraction of sp³-hybridized carbons (Fsp3) is 0.0625. The first-order chi connectivity index (χ1) is 10.2. The number of halogens is 1. The number of phenolic OH excluding ortho intramolecular Hbond substituents is 1. The molecule has 2 N–H and O–H groups in total. The number of aromatic amines is 1. The molecule has 0 fully saturated rings. The van der Waals surface area contributed by atoms with E-state index in [2.05, 4.69) is 10.2 Å². The third-order valence-corrected chi connectivity index (χ3v) is 3.10. The molecule has 0 saturated heterocycles. The lowest BCUT2D eigenvalue weighted by Gasteiger charge is -2.08. The lowest BCUT2D eigenvalue weighted by molar-refractivity contribution is 0.440. The van der Waals surface area contributed by atoms with E-state index >= 15 is 0 Å². The zero-order valence-corrected chi connectivity index (χ0v) is 11.3. The Morgan fingerprint density at radius 1 is 1.10 bits per heavy atom. The van der Waals surface area contributed by atoms with Crippen LogP contribution < -0.4 is 4.74 Å². The molecule has 0 amide bonds. The van der Waals surface area contributed by atoms with Crippen LogP contribution >= 0.6 is 0 Å². The molecule has 4 nitrogen and oxygen atoms in total. The highest BCUT2D eigenvalue weighted by atomic mass is 19.1. The second-order valence-electron chi connectivity index (χ2n) is 4.58. The molecule has 0 spiro atoms. The molecule has 0 aliphatic carbocycles. The average molecular weight is 284 g/mol. The van der Waals surface area contributed by atoms with Crippen LogP contribution in [0.4, 0.5) is 4.39 Å². The second kappa shape index (κ2) is 5.28. The fourth-order valence-corrected chi connectivity index (χ4v) is 2.04. The highest BCUT2D eigenvalue weighted by Gasteiger charge is 2.18. The van der Waals surface area contributed by atoms with Crippen LogP contribution in [0.25, 0.3) is 11.3 Å². The SMILES string of the molecule is Cc1[nH]nc(-c2ccccc2O)c1Oc1ccccc1F. The van der Waals surface area contributed by atoms with Crippen LogP contribution in [0.3, 0.4) is 0 Å². The summed E-state index contributed by atoms with van der Waals surface area (Å²) in [5.74, 6) is 0.129. The fourth-order valence-electron chi connectivity index (χ4n) is 2.04. The van der Waals surface area contributed by atoms with Gasteiger partial charge in [-0.25, -0.2) is 4.39 Å². The molecule has 2 aromatic carbocycles. The van der Waals surface area contributed by atoms with Crippen molar-refractivity contribution < 1.29 is 14.2 Å². The number of rotatable bonds is 3. The van der Waals surface area contributed by atoms with Gasteiger partial charge in [0.15, 0.2) is 17.3 Å². The predicted octanol–water partition coefficient (Wildman–Crippen LogP) is 4.02. The summed E-state index contributed by atoms with van der Waals surface area (Å²) < 4.78 is 19.4. The number of aromatic hydroxyl groups is 1. The minimum Gasteiger partial charge on any atom is -0.507 e. The standard InChI is InChI=1S/C16H13FN2O2/c1-10-16(21-14-9-5-3-7-12(14)17)15(19-18-10)11-6-2-4-8-13(11)20/h2-9,20H,1H3,(H,18,19). The Labute approximate surface area is 120 Å². The van der Waals surface area contributed by atoms with Gasteiger partial charge in [-0.1, -0.05) is 24.3 Å². The number of nitrogens with one attached hydrogen (secondary N) is 1. The third kappa shape index (κ3) is 2.45. The zero-order valence-electron chi connectivity index (χ0n) is 11.3. The number of ether oxygens (including phenoxy) is 1. The van der Waals surface area contributed by atoms with Crippen molar-refractivity contribution in [2.45, 2.75) is 6.92 Å². The van der Waals surface area contributed by atoms with Crippen molar-refractivity contribution in [1.82, 2.24) is 10.2 Å². The third-order valence-electron chi connectivity index (χ3n) is 3.10. The van der Waals surface area contributed by atoms with E-state index in [0.717, 1.165) is 0 Å². The van der Waals surface area contributed by atoms with Crippen LogP contribution in [-0.2, 0) is 0 Å². The minimum atomic E-state index is -0.457. The molecule has 1 heterocycles. The molecule has 106 valence electrons. The number of H-pyrrole nitrogens is 1. The van der Waals surface area contributed by atoms with Crippen molar-refractivity contribution in [2.75, 3.05) is 0 Å². The quantitative estimate of drug-likeness (QED) is 0.763. The van der Waals surface area contributed by atoms with E-state index in [9.17, 15) is 9.50 Å². The molecule has 3 rings (SSSR count). The molecule has 0 unspecified atom stereocenters. The van der Waals surface area contributed by atoms with Crippen LogP contribution in [0.1, 0.15) is 5.69 Å². The molecule has 5 heteroatoms. The number of benzene rings is 2. The van der Waals surface area contributed by atoms with Crippen LogP contribution in [-0.4, -0.2) is 15.3 Å². The molecule has 0 atom stereocenters. The molecule has 0 saturated carbocycles. The highest BCUT2D eigenvalue weighted by Crippen LogP contribution is 2.38. The first-order valence-corrected chi connectivity index (χ1v) is 6.42. The number of hydrogen-bond donors (Lipinski definition) is 2. The Balaban J connectivity index is 2.06. The monoisotopic (exact) mass is 284 g/mol. The summed E-state index contributed by atoms with van der Waals surface area (Å²) in [6.45, 7) is 1.77. The minimum absolute atomic E-state index is 0.0855. The number of nitrogens with zero attached hydrogens (tertiary/aromatic N) is 1. The topological polar surface area (TPSA) is 58.1 Å². The van der Waals surface area contributed by atoms with Gasteiger partial charge in [0.05, 0.1) is 5.69 Å². The van der Waals surface area contributed by atoms with E-state index in [1.807, 2.05) is 0 Å². The number of aromatic nitrogens is 2. The summed E-state index contributed by atoms with van der Waals surface area (Å²) in [6, 6.07) is 12.9. The Hall–Kier alpha value is -2.82. The summed E-state index contributed by atoms with van der Waals surface area (Å²) in [5.41, 5.74) is 1.61. The Bertz CT molecular complexity index is 783. The Kier molecular flexibility index (Phi) is 3.31. The van der Waals surface area contributed by atoms with Crippen LogP contribution in [0.5, 0.6) is 17.2 Å². The van der Waals surface area contributed by atoms with Crippen molar-refractivity contribution >= 4 is 0 Å². The first-order valence-electron chi connectivity index (χ1n) is 6.42. The molecular formula is C16H13FN2O2.